The highest BCUT2D eigenvalue weighted by atomic mass is 35.5. The van der Waals surface area contributed by atoms with E-state index in [1.807, 2.05) is 14.1 Å². The lowest BCUT2D eigenvalue weighted by molar-refractivity contribution is -0.912. The van der Waals surface area contributed by atoms with Crippen LogP contribution >= 0.6 is 11.6 Å². The second-order valence-electron chi connectivity index (χ2n) is 13.4. The lowest BCUT2D eigenvalue weighted by Crippen LogP contribution is -2.63. The number of piperidine rings is 1. The van der Waals surface area contributed by atoms with E-state index in [0.717, 1.165) is 17.1 Å². The summed E-state index contributed by atoms with van der Waals surface area (Å²) in [5.41, 5.74) is 4.88. The van der Waals surface area contributed by atoms with E-state index in [-0.39, 0.29) is 57.0 Å². The number of imidazole rings is 1. The Bertz CT molecular complexity index is 2030. The number of carbonyl (C=O) groups is 4. The van der Waals surface area contributed by atoms with Crippen molar-refractivity contribution >= 4 is 47.2 Å². The molecule has 5 heterocycles. The molecule has 2 aliphatic heterocycles. The van der Waals surface area contributed by atoms with E-state index in [2.05, 4.69) is 20.4 Å². The Morgan fingerprint density at radius 3 is 2.35 bits per heavy atom. The molecule has 1 aromatic carbocycles. The van der Waals surface area contributed by atoms with Gasteiger partial charge in [0.2, 0.25) is 0 Å². The number of nitrogens with two attached hydrogens (primary N) is 1. The van der Waals surface area contributed by atoms with Crippen molar-refractivity contribution in [2.24, 2.45) is 7.05 Å². The maximum absolute atomic E-state index is 14.0. The molecule has 54 heavy (non-hydrogen) atoms. The zero-order valence-electron chi connectivity index (χ0n) is 29.5. The highest BCUT2D eigenvalue weighted by molar-refractivity contribution is 6.34. The number of amides is 3. The number of rotatable bonds is 6. The van der Waals surface area contributed by atoms with E-state index in [1.165, 1.54) is 48.1 Å². The largest absolute Gasteiger partial charge is 0.554 e. The molecule has 2 saturated heterocycles. The minimum absolute atomic E-state index is 0.0194. The van der Waals surface area contributed by atoms with Gasteiger partial charge in [0.25, 0.3) is 17.7 Å². The van der Waals surface area contributed by atoms with Crippen LogP contribution in [0.4, 0.5) is 24.5 Å². The van der Waals surface area contributed by atoms with Gasteiger partial charge >= 0.3 is 6.18 Å². The fourth-order valence-electron chi connectivity index (χ4n) is 6.45. The van der Waals surface area contributed by atoms with Crippen molar-refractivity contribution in [2.45, 2.75) is 31.2 Å². The molecular weight excluding hydrogens is 737 g/mol. The number of aliphatic hydroxyl groups excluding tert-OH is 1. The van der Waals surface area contributed by atoms with Crippen molar-refractivity contribution in [1.29, 1.82) is 0 Å². The first kappa shape index (κ1) is 39.7. The molecule has 2 aliphatic rings. The van der Waals surface area contributed by atoms with Crippen molar-refractivity contribution in [1.82, 2.24) is 34.1 Å². The van der Waals surface area contributed by atoms with Crippen LogP contribution in [0.5, 0.6) is 0 Å². The third kappa shape index (κ3) is 8.48. The minimum atomic E-state index is -4.82. The summed E-state index contributed by atoms with van der Waals surface area (Å²) in [5, 5.41) is 24.8. The van der Waals surface area contributed by atoms with Crippen LogP contribution in [0.25, 0.3) is 17.1 Å². The highest BCUT2D eigenvalue weighted by Crippen LogP contribution is 2.37. The van der Waals surface area contributed by atoms with Crippen LogP contribution < -0.4 is 16.2 Å². The summed E-state index contributed by atoms with van der Waals surface area (Å²) in [5.74, 6) is -1.18. The average molecular weight is 775 g/mol. The summed E-state index contributed by atoms with van der Waals surface area (Å²) in [6.45, 7) is 1.49. The number of quaternary nitrogens is 1. The number of pyridine rings is 1. The Balaban J connectivity index is 0.00000181. The Hall–Kier alpha value is -5.53. The summed E-state index contributed by atoms with van der Waals surface area (Å²) in [6.07, 6.45) is -0.696. The van der Waals surface area contributed by atoms with Crippen molar-refractivity contribution in [3.05, 3.63) is 71.0 Å². The van der Waals surface area contributed by atoms with Crippen LogP contribution in [0.3, 0.4) is 0 Å². The highest BCUT2D eigenvalue weighted by Gasteiger charge is 2.43. The fraction of sp³-hybridized carbons (Fsp3) is 0.382. The fourth-order valence-corrected chi connectivity index (χ4v) is 6.72. The molecule has 6 rings (SSSR count). The van der Waals surface area contributed by atoms with Gasteiger partial charge < -0.3 is 44.9 Å². The molecule has 288 valence electrons. The molecule has 4 aromatic rings. The number of hydrogen-bond acceptors (Lipinski definition) is 10. The Morgan fingerprint density at radius 2 is 1.74 bits per heavy atom. The quantitative estimate of drug-likeness (QED) is 0.190. The summed E-state index contributed by atoms with van der Waals surface area (Å²) in [7, 11) is 5.38. The SMILES string of the molecule is Cn1c(-c2cn(-c3ccc(N)cn3)nc2C(F)(F)F)cnc1C(=O)Nc1ccc(C(=O)N2CCN(C(=O)C3CC(O)CC[N+]3(C)C)CC2)c(Cl)c1.O=C[O-]. The molecular formula is C34H38ClF3N10O6. The van der Waals surface area contributed by atoms with E-state index in [0.29, 0.717) is 55.7 Å². The number of likely N-dealkylation sites (N-methyl/N-ethyl adjacent to an activating group) is 1. The standard InChI is InChI=1S/C33H36ClF3N10O4.CH2O2/c1-43-25(23-18-46(42-28(23)33(35,36)37)27-7-4-19(38)16-39-27)17-40-29(43)30(49)41-20-5-6-22(24(34)14-20)31(50)44-9-11-45(12-10-44)32(51)26-15-21(48)8-13-47(26,2)3;2-1-3/h4-7,14,16-18,21,26,48H,8-13,15,38H2,1-3H3;1H,(H,2,3). The Morgan fingerprint density at radius 1 is 1.07 bits per heavy atom. The van der Waals surface area contributed by atoms with E-state index in [4.69, 9.17) is 27.2 Å². The van der Waals surface area contributed by atoms with Crippen molar-refractivity contribution in [2.75, 3.05) is 57.9 Å². The lowest BCUT2D eigenvalue weighted by atomic mass is 9.96. The first-order chi connectivity index (χ1) is 25.4. The van der Waals surface area contributed by atoms with E-state index in [9.17, 15) is 32.7 Å². The molecule has 0 aliphatic carbocycles. The number of anilines is 2. The van der Waals surface area contributed by atoms with Gasteiger partial charge in [0.05, 0.1) is 66.7 Å². The number of nitrogen functional groups attached to an aromatic ring is 1. The second kappa shape index (κ2) is 15.8. The van der Waals surface area contributed by atoms with Gasteiger partial charge in [-0.3, -0.25) is 14.4 Å². The number of alkyl halides is 3. The maximum atomic E-state index is 14.0. The van der Waals surface area contributed by atoms with Gasteiger partial charge in [0.15, 0.2) is 23.4 Å². The number of aliphatic hydroxyl groups is 1. The van der Waals surface area contributed by atoms with Gasteiger partial charge in [-0.15, -0.1) is 0 Å². The molecule has 4 N–H and O–H groups in total. The first-order valence-corrected chi connectivity index (χ1v) is 17.0. The minimum Gasteiger partial charge on any atom is -0.554 e. The van der Waals surface area contributed by atoms with Crippen molar-refractivity contribution < 1.29 is 47.0 Å². The molecule has 3 amide bonds. The Kier molecular flexibility index (Phi) is 11.6. The number of benzene rings is 1. The third-order valence-electron chi connectivity index (χ3n) is 9.45. The number of likely N-dealkylation sites (tertiary alicyclic amines) is 1. The van der Waals surface area contributed by atoms with Gasteiger partial charge in [0, 0.05) is 64.4 Å². The van der Waals surface area contributed by atoms with E-state index >= 15 is 0 Å². The normalized spacial score (nSPS) is 18.4. The van der Waals surface area contributed by atoms with Crippen LogP contribution in [0.15, 0.2) is 48.9 Å². The van der Waals surface area contributed by atoms with Crippen molar-refractivity contribution in [3.63, 3.8) is 0 Å². The molecule has 2 atom stereocenters. The molecule has 16 nitrogen and oxygen atoms in total. The molecule has 2 unspecified atom stereocenters. The number of halogens is 4. The van der Waals surface area contributed by atoms with Crippen LogP contribution in [-0.4, -0.2) is 127 Å². The number of carboxylic acid groups (broad SMARTS) is 1. The maximum Gasteiger partial charge on any atom is 0.435 e. The van der Waals surface area contributed by atoms with Gasteiger partial charge in [0.1, 0.15) is 0 Å². The summed E-state index contributed by atoms with van der Waals surface area (Å²) < 4.78 is 44.8. The van der Waals surface area contributed by atoms with Gasteiger partial charge in [-0.1, -0.05) is 11.6 Å². The number of piperazine rings is 1. The molecule has 3 aromatic heterocycles. The van der Waals surface area contributed by atoms with Gasteiger partial charge in [-0.2, -0.15) is 18.3 Å². The van der Waals surface area contributed by atoms with Gasteiger partial charge in [-0.25, -0.2) is 14.6 Å². The summed E-state index contributed by atoms with van der Waals surface area (Å²) in [6, 6.07) is 6.91. The number of nitrogens with zero attached hydrogens (tertiary/aromatic N) is 8. The van der Waals surface area contributed by atoms with Crippen LogP contribution in [0.1, 0.15) is 39.5 Å². The first-order valence-electron chi connectivity index (χ1n) is 16.6. The Labute approximate surface area is 312 Å². The predicted octanol–water partition coefficient (Wildman–Crippen LogP) is 1.42. The number of nitrogens with one attached hydrogen (secondary N) is 1. The summed E-state index contributed by atoms with van der Waals surface area (Å²) in [4.78, 5) is 59.7. The van der Waals surface area contributed by atoms with Crippen LogP contribution in [-0.2, 0) is 22.8 Å². The average Bonchev–Trinajstić information content (AvgIpc) is 3.74. The van der Waals surface area contributed by atoms with E-state index < -0.39 is 30.4 Å². The van der Waals surface area contributed by atoms with E-state index in [1.54, 1.807) is 9.80 Å². The topological polar surface area (TPSA) is 205 Å². The third-order valence-corrected chi connectivity index (χ3v) is 9.77. The van der Waals surface area contributed by atoms with Crippen LogP contribution in [0.2, 0.25) is 5.02 Å². The molecule has 20 heteroatoms. The molecule has 2 fully saturated rings. The number of hydrogen-bond donors (Lipinski definition) is 3. The van der Waals surface area contributed by atoms with Crippen LogP contribution in [0, 0.1) is 0 Å². The number of aromatic nitrogens is 5. The molecule has 0 bridgehead atoms. The van der Waals surface area contributed by atoms with Crippen molar-refractivity contribution in [3.8, 4) is 17.1 Å². The number of carbonyl (C=O) groups excluding carboxylic acids is 4. The van der Waals surface area contributed by atoms with Gasteiger partial charge in [-0.05, 0) is 30.3 Å². The zero-order valence-corrected chi connectivity index (χ0v) is 30.2. The molecule has 0 radical (unpaired) electrons. The smallest absolute Gasteiger partial charge is 0.435 e. The lowest BCUT2D eigenvalue weighted by Gasteiger charge is -2.45. The zero-order chi connectivity index (χ0) is 39.5. The summed E-state index contributed by atoms with van der Waals surface area (Å²) >= 11 is 6.50. The monoisotopic (exact) mass is 774 g/mol. The molecule has 0 saturated carbocycles. The second-order valence-corrected chi connectivity index (χ2v) is 13.8. The predicted molar refractivity (Wildman–Crippen MR) is 187 cm³/mol. The molecule has 0 spiro atoms.